The van der Waals surface area contributed by atoms with E-state index in [4.69, 9.17) is 18.9 Å². The van der Waals surface area contributed by atoms with E-state index in [1.807, 2.05) is 54.6 Å². The minimum Gasteiger partial charge on any atom is -0.530 e. The average Bonchev–Trinajstić information content (AvgIpc) is 3.06. The Kier molecular flexibility index (Phi) is 11.6. The molecule has 5 rings (SSSR count). The maximum absolute atomic E-state index is 12.0. The maximum Gasteiger partial charge on any atom is 0.137 e. The molecule has 4 aromatic carbocycles. The molecule has 0 radical (unpaired) electrons. The standard InChI is InChI=1S/C37H43NO6/c1-2-3-21-43-34-24-38(37(39)40)25-35(44-27-29-14-15-30-12-7-8-13-32(30)23-29)36(34)31-16-18-33(19-17-31)42-22-9-20-41-26-28-10-5-4-6-11-28/h4-8,10-19,23,34-36H,2-3,9,20-22,24-27H2,1H3,(H,39,40)/p-1. The van der Waals surface area contributed by atoms with E-state index in [0.717, 1.165) is 47.1 Å². The lowest BCUT2D eigenvalue weighted by Gasteiger charge is -2.44. The number of fused-ring (bicyclic) bond motifs is 1. The van der Waals surface area contributed by atoms with Crippen molar-refractivity contribution in [2.75, 3.05) is 32.9 Å². The normalized spacial score (nSPS) is 18.4. The highest BCUT2D eigenvalue weighted by molar-refractivity contribution is 5.82. The summed E-state index contributed by atoms with van der Waals surface area (Å²) in [6.07, 6.45) is 0.708. The van der Waals surface area contributed by atoms with Gasteiger partial charge >= 0.3 is 0 Å². The summed E-state index contributed by atoms with van der Waals surface area (Å²) in [5.41, 5.74) is 3.23. The fourth-order valence-electron chi connectivity index (χ4n) is 5.68. The molecule has 1 aliphatic heterocycles. The predicted octanol–water partition coefficient (Wildman–Crippen LogP) is 6.34. The highest BCUT2D eigenvalue weighted by atomic mass is 16.5. The third kappa shape index (κ3) is 8.82. The minimum absolute atomic E-state index is 0.150. The molecule has 0 aliphatic carbocycles. The highest BCUT2D eigenvalue weighted by Gasteiger charge is 2.39. The molecule has 3 unspecified atom stereocenters. The molecule has 232 valence electrons. The smallest absolute Gasteiger partial charge is 0.137 e. The van der Waals surface area contributed by atoms with Crippen LogP contribution in [0.4, 0.5) is 4.79 Å². The topological polar surface area (TPSA) is 80.3 Å². The number of carbonyl (C=O) groups is 1. The molecule has 3 atom stereocenters. The van der Waals surface area contributed by atoms with E-state index in [0.29, 0.717) is 33.0 Å². The second-order valence-corrected chi connectivity index (χ2v) is 11.3. The van der Waals surface area contributed by atoms with E-state index < -0.39 is 12.2 Å². The Hall–Kier alpha value is -3.91. The van der Waals surface area contributed by atoms with Crippen molar-refractivity contribution in [1.29, 1.82) is 0 Å². The lowest BCUT2D eigenvalue weighted by molar-refractivity contribution is -0.271. The molecule has 1 fully saturated rings. The molecule has 0 bridgehead atoms. The van der Waals surface area contributed by atoms with Gasteiger partial charge in [0.2, 0.25) is 0 Å². The largest absolute Gasteiger partial charge is 0.530 e. The number of carbonyl (C=O) groups excluding carboxylic acids is 1. The van der Waals surface area contributed by atoms with Crippen molar-refractivity contribution < 1.29 is 28.8 Å². The van der Waals surface area contributed by atoms with Gasteiger partial charge in [-0.05, 0) is 52.1 Å². The monoisotopic (exact) mass is 596 g/mol. The Morgan fingerprint density at radius 3 is 2.23 bits per heavy atom. The van der Waals surface area contributed by atoms with Crippen molar-refractivity contribution in [2.24, 2.45) is 0 Å². The number of amides is 1. The Morgan fingerprint density at radius 1 is 0.750 bits per heavy atom. The van der Waals surface area contributed by atoms with Gasteiger partial charge in [-0.3, -0.25) is 0 Å². The second-order valence-electron chi connectivity index (χ2n) is 11.3. The van der Waals surface area contributed by atoms with Crippen LogP contribution in [0, 0.1) is 0 Å². The van der Waals surface area contributed by atoms with Crippen molar-refractivity contribution in [3.63, 3.8) is 0 Å². The van der Waals surface area contributed by atoms with Crippen LogP contribution in [-0.2, 0) is 27.4 Å². The zero-order valence-electron chi connectivity index (χ0n) is 25.4. The first-order chi connectivity index (χ1) is 21.6. The summed E-state index contributed by atoms with van der Waals surface area (Å²) in [5.74, 6) is 0.629. The van der Waals surface area contributed by atoms with Crippen molar-refractivity contribution in [3.05, 3.63) is 114 Å². The van der Waals surface area contributed by atoms with Crippen molar-refractivity contribution >= 4 is 16.9 Å². The van der Waals surface area contributed by atoms with Crippen molar-refractivity contribution in [3.8, 4) is 5.75 Å². The number of carboxylic acid groups (broad SMARTS) is 1. The van der Waals surface area contributed by atoms with Crippen LogP contribution in [0.25, 0.3) is 10.8 Å². The lowest BCUT2D eigenvalue weighted by Crippen LogP contribution is -2.57. The van der Waals surface area contributed by atoms with Crippen LogP contribution >= 0.6 is 0 Å². The molecule has 1 amide bonds. The number of rotatable bonds is 15. The minimum atomic E-state index is -1.21. The number of unbranched alkanes of at least 4 members (excludes halogenated alkanes) is 1. The van der Waals surface area contributed by atoms with Gasteiger partial charge in [0, 0.05) is 32.0 Å². The molecule has 1 heterocycles. The van der Waals surface area contributed by atoms with E-state index in [1.54, 1.807) is 0 Å². The molecule has 1 saturated heterocycles. The van der Waals surface area contributed by atoms with Crippen LogP contribution in [0.5, 0.6) is 5.75 Å². The first-order valence-corrected chi connectivity index (χ1v) is 15.6. The molecule has 1 aliphatic rings. The van der Waals surface area contributed by atoms with E-state index in [-0.39, 0.29) is 25.1 Å². The van der Waals surface area contributed by atoms with Crippen LogP contribution < -0.4 is 9.84 Å². The quantitative estimate of drug-likeness (QED) is 0.149. The average molecular weight is 597 g/mol. The van der Waals surface area contributed by atoms with E-state index in [9.17, 15) is 9.90 Å². The number of benzene rings is 4. The van der Waals surface area contributed by atoms with Crippen molar-refractivity contribution in [1.82, 2.24) is 4.90 Å². The number of nitrogens with zero attached hydrogens (tertiary/aromatic N) is 1. The zero-order chi connectivity index (χ0) is 30.6. The molecule has 4 aromatic rings. The molecular weight excluding hydrogens is 554 g/mol. The fourth-order valence-corrected chi connectivity index (χ4v) is 5.68. The fraction of sp³-hybridized carbons (Fsp3) is 0.378. The third-order valence-electron chi connectivity index (χ3n) is 8.05. The van der Waals surface area contributed by atoms with Crippen molar-refractivity contribution in [2.45, 2.75) is 57.5 Å². The molecule has 44 heavy (non-hydrogen) atoms. The van der Waals surface area contributed by atoms with Gasteiger partial charge in [-0.25, -0.2) is 0 Å². The predicted molar refractivity (Wildman–Crippen MR) is 170 cm³/mol. The van der Waals surface area contributed by atoms with Gasteiger partial charge < -0.3 is 33.7 Å². The summed E-state index contributed by atoms with van der Waals surface area (Å²) in [4.78, 5) is 13.3. The SMILES string of the molecule is CCCCOC1CN(C(=O)[O-])CC(OCc2ccc3ccccc3c2)C1c1ccc(OCCCOCc2ccccc2)cc1. The first-order valence-electron chi connectivity index (χ1n) is 15.6. The van der Waals surface area contributed by atoms with Crippen LogP contribution in [-0.4, -0.2) is 56.1 Å². The summed E-state index contributed by atoms with van der Waals surface area (Å²) in [5, 5.41) is 14.3. The van der Waals surface area contributed by atoms with Gasteiger partial charge in [0.15, 0.2) is 0 Å². The Morgan fingerprint density at radius 2 is 1.48 bits per heavy atom. The summed E-state index contributed by atoms with van der Waals surface area (Å²) >= 11 is 0. The molecule has 0 N–H and O–H groups in total. The van der Waals surface area contributed by atoms with Gasteiger partial charge in [-0.15, -0.1) is 0 Å². The summed E-state index contributed by atoms with van der Waals surface area (Å²) < 4.78 is 24.6. The maximum atomic E-state index is 12.0. The highest BCUT2D eigenvalue weighted by Crippen LogP contribution is 2.34. The Bertz CT molecular complexity index is 1440. The number of hydrogen-bond donors (Lipinski definition) is 0. The van der Waals surface area contributed by atoms with E-state index in [1.165, 1.54) is 10.3 Å². The first kappa shape index (κ1) is 31.5. The van der Waals surface area contributed by atoms with Gasteiger partial charge in [0.1, 0.15) is 11.8 Å². The van der Waals surface area contributed by atoms with Crippen LogP contribution in [0.1, 0.15) is 48.8 Å². The molecule has 7 nitrogen and oxygen atoms in total. The number of piperidine rings is 1. The van der Waals surface area contributed by atoms with Gasteiger partial charge in [0.05, 0.1) is 38.6 Å². The van der Waals surface area contributed by atoms with Crippen LogP contribution in [0.3, 0.4) is 0 Å². The van der Waals surface area contributed by atoms with Gasteiger partial charge in [0.25, 0.3) is 0 Å². The molecule has 7 heteroatoms. The molecule has 0 aromatic heterocycles. The Labute approximate surface area is 260 Å². The van der Waals surface area contributed by atoms with E-state index >= 15 is 0 Å². The Balaban J connectivity index is 1.24. The molecule has 0 spiro atoms. The lowest BCUT2D eigenvalue weighted by atomic mass is 9.84. The summed E-state index contributed by atoms with van der Waals surface area (Å²) in [7, 11) is 0. The van der Waals surface area contributed by atoms with Gasteiger partial charge in [-0.2, -0.15) is 0 Å². The second kappa shape index (κ2) is 16.2. The summed E-state index contributed by atoms with van der Waals surface area (Å²) in [6, 6.07) is 32.6. The summed E-state index contributed by atoms with van der Waals surface area (Å²) in [6.45, 7) is 5.26. The van der Waals surface area contributed by atoms with E-state index in [2.05, 4.69) is 49.4 Å². The number of likely N-dealkylation sites (tertiary alicyclic amines) is 1. The third-order valence-corrected chi connectivity index (χ3v) is 8.05. The van der Waals surface area contributed by atoms with Crippen LogP contribution in [0.15, 0.2) is 97.1 Å². The van der Waals surface area contributed by atoms with Crippen LogP contribution in [0.2, 0.25) is 0 Å². The zero-order valence-corrected chi connectivity index (χ0v) is 25.4. The number of ether oxygens (including phenoxy) is 4. The molecular formula is C37H42NO6-. The van der Waals surface area contributed by atoms with Gasteiger partial charge in [-0.1, -0.05) is 92.2 Å². The molecule has 0 saturated carbocycles. The number of hydrogen-bond acceptors (Lipinski definition) is 6.